The summed E-state index contributed by atoms with van der Waals surface area (Å²) >= 11 is 6.23. The third kappa shape index (κ3) is 21.7. The van der Waals surface area contributed by atoms with Crippen molar-refractivity contribution in [2.45, 2.75) is 289 Å². The number of fused-ring (bicyclic) bond motifs is 2. The predicted molar refractivity (Wildman–Crippen MR) is 387 cm³/mol. The summed E-state index contributed by atoms with van der Waals surface area (Å²) in [7, 11) is 4.37. The molecule has 17 heteroatoms. The zero-order valence-electron chi connectivity index (χ0n) is 60.6. The van der Waals surface area contributed by atoms with Crippen molar-refractivity contribution in [1.29, 1.82) is 0 Å². The number of carbonyl (C=O) groups is 1. The molecule has 1 spiro atoms. The van der Waals surface area contributed by atoms with Gasteiger partial charge in [-0.2, -0.15) is 13.2 Å². The van der Waals surface area contributed by atoms with Crippen molar-refractivity contribution in [3.8, 4) is 0 Å². The lowest BCUT2D eigenvalue weighted by atomic mass is 9.74. The number of allylic oxidation sites excluding steroid dienone is 3. The number of nitrogens with one attached hydrogen (secondary N) is 6. The summed E-state index contributed by atoms with van der Waals surface area (Å²) < 4.78 is 41.2. The number of alkyl halides is 3. The van der Waals surface area contributed by atoms with Crippen LogP contribution in [0, 0.1) is 35.5 Å². The molecule has 4 heterocycles. The van der Waals surface area contributed by atoms with E-state index in [9.17, 15) is 18.0 Å². The molecule has 94 heavy (non-hydrogen) atoms. The molecule has 3 aliphatic carbocycles. The first-order valence-electron chi connectivity index (χ1n) is 37.9. The van der Waals surface area contributed by atoms with Crippen LogP contribution in [0.3, 0.4) is 0 Å². The van der Waals surface area contributed by atoms with Gasteiger partial charge in [-0.1, -0.05) is 136 Å². The van der Waals surface area contributed by atoms with Gasteiger partial charge in [-0.15, -0.1) is 0 Å². The Morgan fingerprint density at radius 3 is 2.18 bits per heavy atom. The van der Waals surface area contributed by atoms with E-state index in [4.69, 9.17) is 16.6 Å². The summed E-state index contributed by atoms with van der Waals surface area (Å²) in [5.74, 6) is 3.05. The van der Waals surface area contributed by atoms with Gasteiger partial charge in [0.1, 0.15) is 0 Å². The van der Waals surface area contributed by atoms with Gasteiger partial charge in [0.25, 0.3) is 0 Å². The number of piperidine rings is 1. The summed E-state index contributed by atoms with van der Waals surface area (Å²) in [6.45, 7) is 30.8. The van der Waals surface area contributed by atoms with E-state index >= 15 is 0 Å². The van der Waals surface area contributed by atoms with Gasteiger partial charge in [-0.25, -0.2) is 0 Å². The van der Waals surface area contributed by atoms with Crippen LogP contribution in [0.15, 0.2) is 71.7 Å². The molecule has 1 amide bonds. The van der Waals surface area contributed by atoms with Crippen molar-refractivity contribution in [2.24, 2.45) is 40.5 Å². The van der Waals surface area contributed by atoms with Gasteiger partial charge in [0.2, 0.25) is 5.91 Å². The molecule has 0 aromatic heterocycles. The number of hydrogen-bond acceptors (Lipinski definition) is 12. The highest BCUT2D eigenvalue weighted by atomic mass is 35.5. The number of halogens is 4. The maximum Gasteiger partial charge on any atom is 0.417 e. The lowest BCUT2D eigenvalue weighted by molar-refractivity contribution is -0.162. The minimum absolute atomic E-state index is 0.0410. The van der Waals surface area contributed by atoms with Crippen LogP contribution in [0.2, 0.25) is 5.02 Å². The van der Waals surface area contributed by atoms with Gasteiger partial charge in [0.15, 0.2) is 0 Å². The second-order valence-corrected chi connectivity index (χ2v) is 31.7. The molecule has 11 atom stereocenters. The Bertz CT molecular complexity index is 2600. The normalized spacial score (nSPS) is 30.2. The predicted octanol–water partition coefficient (Wildman–Crippen LogP) is 14.9. The molecule has 7 aliphatic rings. The van der Waals surface area contributed by atoms with Crippen LogP contribution in [-0.4, -0.2) is 162 Å². The molecular weight excluding hydrogens is 1200 g/mol. The molecule has 532 valence electrons. The molecular formula is C77H130ClF3N12O. The smallest absolute Gasteiger partial charge is 0.390 e. The first-order valence-corrected chi connectivity index (χ1v) is 38.3. The molecule has 13 nitrogen and oxygen atoms in total. The average Bonchev–Trinajstić information content (AvgIpc) is 0.753. The zero-order chi connectivity index (χ0) is 67.5. The first kappa shape index (κ1) is 76.1. The molecule has 5 unspecified atom stereocenters. The van der Waals surface area contributed by atoms with Crippen molar-refractivity contribution < 1.29 is 18.0 Å². The third-order valence-electron chi connectivity index (χ3n) is 23.2. The highest BCUT2D eigenvalue weighted by Crippen LogP contribution is 2.42. The second kappa shape index (κ2) is 37.0. The first-order chi connectivity index (χ1) is 45.0. The Kier molecular flexibility index (Phi) is 29.9. The molecule has 6 N–H and O–H groups in total. The molecule has 1 aromatic rings. The third-order valence-corrected chi connectivity index (χ3v) is 23.5. The average molecular weight is 1330 g/mol. The lowest BCUT2D eigenvalue weighted by Gasteiger charge is -2.60. The molecule has 0 bridgehead atoms. The fourth-order valence-electron chi connectivity index (χ4n) is 17.7. The molecule has 4 aliphatic heterocycles. The maximum absolute atomic E-state index is 14.9. The Morgan fingerprint density at radius 1 is 0.798 bits per heavy atom. The van der Waals surface area contributed by atoms with Gasteiger partial charge in [-0.05, 0) is 164 Å². The van der Waals surface area contributed by atoms with Gasteiger partial charge in [0.05, 0.1) is 16.5 Å². The number of aliphatic imine (C=N–C) groups is 1. The van der Waals surface area contributed by atoms with E-state index in [-0.39, 0.29) is 58.8 Å². The molecule has 3 saturated heterocycles. The fraction of sp³-hybridized carbons (Fsp3) is 0.792. The lowest BCUT2D eigenvalue weighted by Crippen LogP contribution is -2.76. The number of carbonyl (C=O) groups excluding carboxylic acids is 1. The van der Waals surface area contributed by atoms with Gasteiger partial charge in [-0.3, -0.25) is 14.7 Å². The van der Waals surface area contributed by atoms with E-state index in [1.807, 2.05) is 24.7 Å². The van der Waals surface area contributed by atoms with Gasteiger partial charge >= 0.3 is 6.18 Å². The summed E-state index contributed by atoms with van der Waals surface area (Å²) in [6, 6.07) is 6.11. The van der Waals surface area contributed by atoms with Gasteiger partial charge < -0.3 is 51.5 Å². The van der Waals surface area contributed by atoms with Crippen molar-refractivity contribution >= 4 is 23.2 Å². The maximum atomic E-state index is 14.9. The molecule has 1 aromatic carbocycles. The fourth-order valence-corrected chi connectivity index (χ4v) is 18.0. The minimum Gasteiger partial charge on any atom is -0.390 e. The van der Waals surface area contributed by atoms with Crippen LogP contribution < -0.4 is 31.9 Å². The Hall–Kier alpha value is -3.64. The summed E-state index contributed by atoms with van der Waals surface area (Å²) in [5, 5.41) is 24.3. The van der Waals surface area contributed by atoms with Crippen molar-refractivity contribution in [2.75, 3.05) is 66.5 Å². The quantitative estimate of drug-likeness (QED) is 0.113. The topological polar surface area (TPSA) is 118 Å². The number of benzene rings is 1. The Morgan fingerprint density at radius 2 is 1.50 bits per heavy atom. The van der Waals surface area contributed by atoms with Crippen molar-refractivity contribution in [3.05, 3.63) is 82.8 Å². The van der Waals surface area contributed by atoms with Crippen LogP contribution in [0.4, 0.5) is 13.2 Å². The monoisotopic (exact) mass is 1330 g/mol. The SMILES string of the molecule is CC[C@H](C)[C@H]1CN[C@@H](CC(C)C)C(C)NCC2[C@@H](C(=O)N3CCCCC3)C(C)N2[C@@H](C(C)C)C(C)NC2(CCCC2)CNCCNC=CC(CCc2ccc(C(F)(F)F)c(Cl)c2)=NC=CN(C)C=C(CC2CCCCC2)N(C)C=C2CCCN2[C@@H](CC2CCCC2)C(C)N1. The van der Waals surface area contributed by atoms with E-state index in [0.29, 0.717) is 61.0 Å². The Labute approximate surface area is 573 Å². The van der Waals surface area contributed by atoms with E-state index < -0.39 is 11.7 Å². The Balaban J connectivity index is 1.12. The standard InChI is InChI=1S/C77H130ClF3N12O/c1-13-56(6)70-49-86-69(45-54(2)3)57(7)85-50-72-73(75(94)91-41-22-15-23-42-91)60(10)93(72)74(55(4)5)59(9)88-76(35-20-21-36-76)53-83-39-38-82-37-34-64(32-30-63-31-33-67(68(78)47-63)77(79,80)81)84-40-44-89(11)51-66(46-61-25-16-14-17-26-61)90(12)52-65-29-24-43-92(65)71(58(8)87-70)48-62-27-18-19-28-62/h31,33-34,37,40,44,47,51-52,54-62,69-74,82-83,85-88H,13-30,32,35-36,38-39,41-43,45-46,48-50,53H2,1-12H3/t56-,57?,58?,59?,60?,69-,70+,71-,72?,73-,74-/m0/s1. The van der Waals surface area contributed by atoms with Crippen LogP contribution in [0.1, 0.15) is 228 Å². The summed E-state index contributed by atoms with van der Waals surface area (Å²) in [5.41, 5.74) is 3.42. The van der Waals surface area contributed by atoms with E-state index in [0.717, 1.165) is 127 Å². The van der Waals surface area contributed by atoms with Gasteiger partial charge in [0, 0.05) is 168 Å². The number of nitrogens with zero attached hydrogens (tertiary/aromatic N) is 6. The number of aryl methyl sites for hydroxylation is 1. The number of rotatable bonds is 13. The highest BCUT2D eigenvalue weighted by molar-refractivity contribution is 6.31. The molecule has 6 fully saturated rings. The minimum atomic E-state index is -4.52. The van der Waals surface area contributed by atoms with Crippen molar-refractivity contribution in [3.63, 3.8) is 0 Å². The molecule has 3 saturated carbocycles. The highest BCUT2D eigenvalue weighted by Gasteiger charge is 2.55. The van der Waals surface area contributed by atoms with E-state index in [1.54, 1.807) is 0 Å². The van der Waals surface area contributed by atoms with Crippen molar-refractivity contribution in [1.82, 2.24) is 56.4 Å². The van der Waals surface area contributed by atoms with E-state index in [1.165, 1.54) is 107 Å². The summed E-state index contributed by atoms with van der Waals surface area (Å²) in [4.78, 5) is 32.3. The van der Waals surface area contributed by atoms with Crippen LogP contribution in [0.25, 0.3) is 0 Å². The van der Waals surface area contributed by atoms with Crippen LogP contribution in [-0.2, 0) is 17.4 Å². The number of hydrogen-bond donors (Lipinski definition) is 6. The largest absolute Gasteiger partial charge is 0.417 e. The summed E-state index contributed by atoms with van der Waals surface area (Å²) in [6.07, 6.45) is 35.5. The van der Waals surface area contributed by atoms with Crippen LogP contribution in [0.5, 0.6) is 0 Å². The number of likely N-dealkylation sites (tertiary alicyclic amines) is 1. The second-order valence-electron chi connectivity index (χ2n) is 31.3. The molecule has 8 rings (SSSR count). The number of amides is 1. The van der Waals surface area contributed by atoms with Crippen LogP contribution >= 0.6 is 11.6 Å². The molecule has 0 radical (unpaired) electrons. The zero-order valence-corrected chi connectivity index (χ0v) is 61.3. The van der Waals surface area contributed by atoms with E-state index in [2.05, 4.69) is 152 Å².